The van der Waals surface area contributed by atoms with Gasteiger partial charge in [-0.25, -0.2) is 0 Å². The molecule has 0 bridgehead atoms. The molecular weight excluding hydrogens is 655 g/mol. The van der Waals surface area contributed by atoms with Gasteiger partial charge in [-0.1, -0.05) is 11.6 Å². The van der Waals surface area contributed by atoms with Crippen LogP contribution in [-0.4, -0.2) is 52.0 Å². The Morgan fingerprint density at radius 1 is 0.500 bits per heavy atom. The topological polar surface area (TPSA) is 90.2 Å². The van der Waals surface area contributed by atoms with E-state index in [1.807, 2.05) is 0 Å². The monoisotopic (exact) mass is 661 g/mol. The summed E-state index contributed by atoms with van der Waals surface area (Å²) in [6.07, 6.45) is -19.3. The Morgan fingerprint density at radius 2 is 0.786 bits per heavy atom. The van der Waals surface area contributed by atoms with Gasteiger partial charge in [0.15, 0.2) is 0 Å². The second-order valence-electron chi connectivity index (χ2n) is 8.54. The molecule has 0 fully saturated rings. The predicted molar refractivity (Wildman–Crippen MR) is 111 cm³/mol. The van der Waals surface area contributed by atoms with Gasteiger partial charge in [-0.05, 0) is 0 Å². The number of hydrogen-bond donors (Lipinski definition) is 1. The Balaban J connectivity index is 2.50. The normalized spacial score (nSPS) is 14.4. The number of hydrogen-bond acceptors (Lipinski definition) is 5. The quantitative estimate of drug-likeness (QED) is 0.375. The van der Waals surface area contributed by atoms with Crippen LogP contribution in [-0.2, 0) is 13.1 Å². The molecule has 1 N–H and O–H groups in total. The van der Waals surface area contributed by atoms with Crippen molar-refractivity contribution in [1.29, 1.82) is 0 Å². The Kier molecular flexibility index (Phi) is 7.49. The van der Waals surface area contributed by atoms with Crippen LogP contribution in [0.4, 0.5) is 71.5 Å². The summed E-state index contributed by atoms with van der Waals surface area (Å²) in [5, 5.41) is -7.22. The molecule has 234 valence electrons. The summed E-state index contributed by atoms with van der Waals surface area (Å²) >= 11 is 5.73. The van der Waals surface area contributed by atoms with Crippen LogP contribution in [0.2, 0.25) is 5.02 Å². The molecule has 1 aromatic carbocycles. The lowest BCUT2D eigenvalue weighted by atomic mass is 10.1. The maximum absolute atomic E-state index is 13.6. The van der Waals surface area contributed by atoms with Crippen LogP contribution >= 0.6 is 11.6 Å². The number of fused-ring (bicyclic) bond motifs is 2. The van der Waals surface area contributed by atoms with Crippen molar-refractivity contribution in [2.24, 2.45) is 0 Å². The lowest BCUT2D eigenvalue weighted by molar-refractivity contribution is -0.287. The maximum atomic E-state index is 13.6. The van der Waals surface area contributed by atoms with E-state index in [2.05, 4.69) is 0 Å². The fourth-order valence-corrected chi connectivity index (χ4v) is 3.96. The highest BCUT2D eigenvalue weighted by molar-refractivity contribution is 6.42. The summed E-state index contributed by atoms with van der Waals surface area (Å²) in [5.74, 6) is -17.6. The standard InChI is InChI=1S/C19H7ClF15N3O4/c20-8-4-6(12(41)37(10(4)39)2-15(23,24)18(30,31)32)9(36-1-14(21,22)17(27,28)29)7-5(8)11(40)38(13(7)42)3-16(25,26)19(33,34)35/h36H,1-3H2. The molecule has 0 aliphatic rings. The fourth-order valence-electron chi connectivity index (χ4n) is 3.61. The maximum Gasteiger partial charge on any atom is 0.455 e. The molecule has 42 heavy (non-hydrogen) atoms. The Bertz CT molecular complexity index is 1660. The molecule has 0 atom stereocenters. The molecule has 0 saturated heterocycles. The summed E-state index contributed by atoms with van der Waals surface area (Å²) < 4.78 is 194. The Morgan fingerprint density at radius 3 is 1.07 bits per heavy atom. The molecule has 0 saturated carbocycles. The van der Waals surface area contributed by atoms with E-state index >= 15 is 0 Å². The predicted octanol–water partition coefficient (Wildman–Crippen LogP) is 4.57. The van der Waals surface area contributed by atoms with Gasteiger partial charge in [0.05, 0.1) is 38.8 Å². The largest absolute Gasteiger partial charge is 0.455 e. The summed E-state index contributed by atoms with van der Waals surface area (Å²) in [7, 11) is 0. The van der Waals surface area contributed by atoms with E-state index < -0.39 is 120 Å². The first-order valence-corrected chi connectivity index (χ1v) is 10.7. The van der Waals surface area contributed by atoms with Crippen LogP contribution in [0.25, 0.3) is 21.5 Å². The summed E-state index contributed by atoms with van der Waals surface area (Å²) in [5.41, 5.74) is -11.0. The van der Waals surface area contributed by atoms with E-state index in [-0.39, 0.29) is 0 Å². The van der Waals surface area contributed by atoms with Crippen LogP contribution in [0.1, 0.15) is 0 Å². The van der Waals surface area contributed by atoms with Gasteiger partial charge < -0.3 is 5.32 Å². The number of rotatable bonds is 7. The third kappa shape index (κ3) is 5.06. The first-order chi connectivity index (χ1) is 18.6. The van der Waals surface area contributed by atoms with Gasteiger partial charge in [-0.3, -0.25) is 28.3 Å². The van der Waals surface area contributed by atoms with Crippen molar-refractivity contribution in [2.75, 3.05) is 11.9 Å². The number of nitrogens with one attached hydrogen (secondary N) is 1. The molecule has 0 aliphatic heterocycles. The molecule has 23 heteroatoms. The van der Waals surface area contributed by atoms with Gasteiger partial charge >= 0.3 is 36.3 Å². The number of aromatic nitrogens is 2. The summed E-state index contributed by atoms with van der Waals surface area (Å²) in [6, 6.07) is 0. The Labute approximate surface area is 222 Å². The number of benzene rings is 1. The lowest BCUT2D eigenvalue weighted by Crippen LogP contribution is -2.45. The highest BCUT2D eigenvalue weighted by Gasteiger charge is 2.60. The third-order valence-electron chi connectivity index (χ3n) is 5.72. The van der Waals surface area contributed by atoms with Crippen molar-refractivity contribution in [3.63, 3.8) is 0 Å². The summed E-state index contributed by atoms with van der Waals surface area (Å²) in [6.45, 7) is -8.39. The molecule has 2 aromatic heterocycles. The van der Waals surface area contributed by atoms with Crippen molar-refractivity contribution < 1.29 is 65.9 Å². The minimum absolute atomic E-state index is 0.920. The number of halogens is 16. The van der Waals surface area contributed by atoms with E-state index in [9.17, 15) is 85.0 Å². The van der Waals surface area contributed by atoms with Crippen LogP contribution < -0.4 is 27.6 Å². The number of alkyl halides is 15. The second-order valence-corrected chi connectivity index (χ2v) is 8.92. The van der Waals surface area contributed by atoms with Crippen molar-refractivity contribution in [1.82, 2.24) is 9.13 Å². The van der Waals surface area contributed by atoms with E-state index in [0.717, 1.165) is 5.32 Å². The van der Waals surface area contributed by atoms with Gasteiger partial charge in [-0.15, -0.1) is 0 Å². The first-order valence-electron chi connectivity index (χ1n) is 10.3. The van der Waals surface area contributed by atoms with Gasteiger partial charge in [0.25, 0.3) is 22.2 Å². The van der Waals surface area contributed by atoms with Gasteiger partial charge in [-0.2, -0.15) is 65.9 Å². The second kappa shape index (κ2) is 9.53. The van der Waals surface area contributed by atoms with Crippen molar-refractivity contribution in [2.45, 2.75) is 49.4 Å². The van der Waals surface area contributed by atoms with Crippen LogP contribution in [0.5, 0.6) is 0 Å². The molecule has 3 rings (SSSR count). The molecule has 0 aliphatic carbocycles. The van der Waals surface area contributed by atoms with Gasteiger partial charge in [0.1, 0.15) is 13.1 Å². The van der Waals surface area contributed by atoms with Crippen LogP contribution in [0.15, 0.2) is 19.2 Å². The molecule has 0 amide bonds. The van der Waals surface area contributed by atoms with Crippen molar-refractivity contribution in [3.05, 3.63) is 46.4 Å². The molecule has 0 spiro atoms. The van der Waals surface area contributed by atoms with E-state index in [4.69, 9.17) is 11.6 Å². The molecule has 2 heterocycles. The summed E-state index contributed by atoms with van der Waals surface area (Å²) in [4.78, 5) is 50.8. The molecule has 0 radical (unpaired) electrons. The van der Waals surface area contributed by atoms with E-state index in [1.54, 1.807) is 0 Å². The first kappa shape index (κ1) is 33.0. The number of nitrogens with zero attached hydrogens (tertiary/aromatic N) is 2. The number of anilines is 1. The van der Waals surface area contributed by atoms with E-state index in [1.165, 1.54) is 0 Å². The zero-order chi connectivity index (χ0) is 32.8. The molecule has 0 unspecified atom stereocenters. The fraction of sp³-hybridized carbons (Fsp3) is 0.474. The average Bonchev–Trinajstić information content (AvgIpc) is 3.17. The molecule has 3 aromatic rings. The minimum Gasteiger partial charge on any atom is -0.377 e. The molecule has 7 nitrogen and oxygen atoms in total. The minimum atomic E-state index is -6.43. The van der Waals surface area contributed by atoms with Gasteiger partial charge in [0.2, 0.25) is 0 Å². The Hall–Kier alpha value is -3.46. The van der Waals surface area contributed by atoms with Crippen molar-refractivity contribution in [3.8, 4) is 0 Å². The highest BCUT2D eigenvalue weighted by Crippen LogP contribution is 2.41. The van der Waals surface area contributed by atoms with Crippen molar-refractivity contribution >= 4 is 38.8 Å². The lowest BCUT2D eigenvalue weighted by Gasteiger charge is -2.21. The van der Waals surface area contributed by atoms with Crippen LogP contribution in [0, 0.1) is 0 Å². The molecular formula is C19H7ClF15N3O4. The highest BCUT2D eigenvalue weighted by atomic mass is 35.5. The average molecular weight is 662 g/mol. The SMILES string of the molecule is O=c1c2c(Cl)c3c(=O)n(CC(F)(F)C(F)(F)F)c(=O)c3c(NCC(F)(F)C(F)(F)F)c2c(=O)n1CC(F)(F)C(F)(F)F. The van der Waals surface area contributed by atoms with E-state index in [0.29, 0.717) is 0 Å². The zero-order valence-electron chi connectivity index (χ0n) is 19.2. The van der Waals surface area contributed by atoms with Gasteiger partial charge in [0, 0.05) is 0 Å². The zero-order valence-corrected chi connectivity index (χ0v) is 20.0. The third-order valence-corrected chi connectivity index (χ3v) is 6.10. The van der Waals surface area contributed by atoms with Crippen LogP contribution in [0.3, 0.4) is 0 Å². The smallest absolute Gasteiger partial charge is 0.377 e.